The predicted molar refractivity (Wildman–Crippen MR) is 62.7 cm³/mol. The molecule has 0 bridgehead atoms. The van der Waals surface area contributed by atoms with Crippen LogP contribution in [0.5, 0.6) is 11.5 Å². The third kappa shape index (κ3) is 2.29. The van der Waals surface area contributed by atoms with Gasteiger partial charge in [-0.2, -0.15) is 0 Å². The molecule has 1 heterocycles. The van der Waals surface area contributed by atoms with Gasteiger partial charge in [-0.1, -0.05) is 15.9 Å². The minimum atomic E-state index is -1.15. The summed E-state index contributed by atoms with van der Waals surface area (Å²) >= 11 is 3.07. The van der Waals surface area contributed by atoms with E-state index in [1.54, 1.807) is 0 Å². The van der Waals surface area contributed by atoms with Crippen molar-refractivity contribution in [3.63, 3.8) is 0 Å². The second-order valence-corrected chi connectivity index (χ2v) is 4.27. The van der Waals surface area contributed by atoms with Crippen LogP contribution in [0.2, 0.25) is 0 Å². The fraction of sp³-hybridized carbons (Fsp3) is 0.364. The Morgan fingerprint density at radius 1 is 1.35 bits per heavy atom. The van der Waals surface area contributed by atoms with Crippen LogP contribution in [0.1, 0.15) is 22.0 Å². The summed E-state index contributed by atoms with van der Waals surface area (Å²) in [6.45, 7) is 0.0914. The largest absolute Gasteiger partial charge is 0.454 e. The summed E-state index contributed by atoms with van der Waals surface area (Å²) in [5.74, 6) is 0.933. The molecule has 5 nitrogen and oxygen atoms in total. The first-order valence-corrected chi connectivity index (χ1v) is 6.10. The maximum atomic E-state index is 10.9. The molecule has 0 amide bonds. The molecule has 0 saturated heterocycles. The summed E-state index contributed by atoms with van der Waals surface area (Å²) < 4.78 is 10.3. The minimum Gasteiger partial charge on any atom is -0.454 e. The Balaban J connectivity index is 2.42. The Bertz CT molecular complexity index is 434. The van der Waals surface area contributed by atoms with Crippen molar-refractivity contribution in [2.45, 2.75) is 12.2 Å². The molecule has 17 heavy (non-hydrogen) atoms. The van der Waals surface area contributed by atoms with Gasteiger partial charge in [-0.05, 0) is 17.7 Å². The lowest BCUT2D eigenvalue weighted by atomic mass is 9.99. The van der Waals surface area contributed by atoms with Crippen LogP contribution in [0.4, 0.5) is 0 Å². The summed E-state index contributed by atoms with van der Waals surface area (Å²) in [6.07, 6.45) is -1.53. The SMILES string of the molecule is O=Cc1cc2c(cc1C(O)C(O)CBr)OCO2. The van der Waals surface area contributed by atoms with Gasteiger partial charge in [0.25, 0.3) is 0 Å². The van der Waals surface area contributed by atoms with Crippen LogP contribution >= 0.6 is 15.9 Å². The van der Waals surface area contributed by atoms with E-state index in [0.717, 1.165) is 0 Å². The van der Waals surface area contributed by atoms with Crippen molar-refractivity contribution in [1.29, 1.82) is 0 Å². The number of fused-ring (bicyclic) bond motifs is 1. The monoisotopic (exact) mass is 302 g/mol. The number of rotatable bonds is 4. The second kappa shape index (κ2) is 5.03. The molecule has 2 unspecified atom stereocenters. The highest BCUT2D eigenvalue weighted by Crippen LogP contribution is 2.37. The molecule has 1 aromatic carbocycles. The number of hydrogen-bond acceptors (Lipinski definition) is 5. The number of aliphatic hydroxyl groups excluding tert-OH is 2. The molecule has 2 N–H and O–H groups in total. The van der Waals surface area contributed by atoms with E-state index in [1.807, 2.05) is 0 Å². The van der Waals surface area contributed by atoms with E-state index < -0.39 is 12.2 Å². The van der Waals surface area contributed by atoms with Gasteiger partial charge in [-0.15, -0.1) is 0 Å². The molecule has 2 rings (SSSR count). The molecule has 0 radical (unpaired) electrons. The summed E-state index contributed by atoms with van der Waals surface area (Å²) in [7, 11) is 0. The highest BCUT2D eigenvalue weighted by atomic mass is 79.9. The first-order valence-electron chi connectivity index (χ1n) is 4.98. The van der Waals surface area contributed by atoms with E-state index in [9.17, 15) is 15.0 Å². The molecule has 0 fully saturated rings. The number of alkyl halides is 1. The first kappa shape index (κ1) is 12.3. The van der Waals surface area contributed by atoms with Crippen molar-refractivity contribution in [3.8, 4) is 11.5 Å². The molecule has 92 valence electrons. The maximum absolute atomic E-state index is 10.9. The number of carbonyl (C=O) groups is 1. The zero-order valence-electron chi connectivity index (χ0n) is 8.80. The first-order chi connectivity index (χ1) is 8.17. The zero-order chi connectivity index (χ0) is 12.4. The van der Waals surface area contributed by atoms with Crippen LogP contribution < -0.4 is 9.47 Å². The van der Waals surface area contributed by atoms with Gasteiger partial charge in [0.15, 0.2) is 17.8 Å². The highest BCUT2D eigenvalue weighted by Gasteiger charge is 2.24. The number of aldehydes is 1. The van der Waals surface area contributed by atoms with Gasteiger partial charge in [-0.25, -0.2) is 0 Å². The Kier molecular flexibility index (Phi) is 3.66. The van der Waals surface area contributed by atoms with E-state index in [0.29, 0.717) is 23.3 Å². The van der Waals surface area contributed by atoms with Crippen LogP contribution in [0.15, 0.2) is 12.1 Å². The van der Waals surface area contributed by atoms with Crippen molar-refractivity contribution in [2.24, 2.45) is 0 Å². The number of carbonyl (C=O) groups excluding carboxylic acids is 1. The van der Waals surface area contributed by atoms with Gasteiger partial charge in [0, 0.05) is 10.9 Å². The summed E-state index contributed by atoms with van der Waals surface area (Å²) in [5, 5.41) is 19.7. The molecular formula is C11H11BrO5. The van der Waals surface area contributed by atoms with Crippen molar-refractivity contribution >= 4 is 22.2 Å². The van der Waals surface area contributed by atoms with E-state index in [-0.39, 0.29) is 17.7 Å². The van der Waals surface area contributed by atoms with Crippen LogP contribution in [-0.2, 0) is 0 Å². The number of aliphatic hydroxyl groups is 2. The van der Waals surface area contributed by atoms with Crippen LogP contribution in [-0.4, -0.2) is 34.7 Å². The summed E-state index contributed by atoms with van der Waals surface area (Å²) in [6, 6.07) is 3.01. The van der Waals surface area contributed by atoms with Crippen molar-refractivity contribution in [2.75, 3.05) is 12.1 Å². The van der Waals surface area contributed by atoms with Gasteiger partial charge < -0.3 is 19.7 Å². The fourth-order valence-corrected chi connectivity index (χ4v) is 1.98. The van der Waals surface area contributed by atoms with E-state index in [1.165, 1.54) is 12.1 Å². The Hall–Kier alpha value is -1.11. The molecule has 6 heteroatoms. The van der Waals surface area contributed by atoms with E-state index in [2.05, 4.69) is 15.9 Å². The van der Waals surface area contributed by atoms with Crippen LogP contribution in [0.25, 0.3) is 0 Å². The Morgan fingerprint density at radius 2 is 2.00 bits per heavy atom. The van der Waals surface area contributed by atoms with Gasteiger partial charge in [-0.3, -0.25) is 4.79 Å². The molecule has 0 aromatic heterocycles. The number of ether oxygens (including phenoxy) is 2. The molecule has 0 aliphatic carbocycles. The molecule has 1 aliphatic rings. The van der Waals surface area contributed by atoms with E-state index in [4.69, 9.17) is 9.47 Å². The molecule has 0 saturated carbocycles. The third-order valence-electron chi connectivity index (χ3n) is 2.55. The lowest BCUT2D eigenvalue weighted by Crippen LogP contribution is -2.20. The van der Waals surface area contributed by atoms with Crippen LogP contribution in [0.3, 0.4) is 0 Å². The normalized spacial score (nSPS) is 16.6. The van der Waals surface area contributed by atoms with Crippen molar-refractivity contribution in [1.82, 2.24) is 0 Å². The van der Waals surface area contributed by atoms with Crippen molar-refractivity contribution < 1.29 is 24.5 Å². The lowest BCUT2D eigenvalue weighted by molar-refractivity contribution is 0.0337. The smallest absolute Gasteiger partial charge is 0.231 e. The fourth-order valence-electron chi connectivity index (χ4n) is 1.62. The maximum Gasteiger partial charge on any atom is 0.231 e. The topological polar surface area (TPSA) is 76.0 Å². The summed E-state index contributed by atoms with van der Waals surface area (Å²) in [5.41, 5.74) is 0.609. The molecule has 1 aliphatic heterocycles. The highest BCUT2D eigenvalue weighted by molar-refractivity contribution is 9.09. The van der Waals surface area contributed by atoms with Gasteiger partial charge >= 0.3 is 0 Å². The Labute approximate surface area is 106 Å². The quantitative estimate of drug-likeness (QED) is 0.641. The number of hydrogen-bond donors (Lipinski definition) is 2. The number of benzene rings is 1. The molecule has 1 aromatic rings. The van der Waals surface area contributed by atoms with E-state index >= 15 is 0 Å². The molecule has 2 atom stereocenters. The van der Waals surface area contributed by atoms with Gasteiger partial charge in [0.2, 0.25) is 6.79 Å². The van der Waals surface area contributed by atoms with Gasteiger partial charge in [0.1, 0.15) is 6.10 Å². The molecular weight excluding hydrogens is 292 g/mol. The Morgan fingerprint density at radius 3 is 2.59 bits per heavy atom. The predicted octanol–water partition coefficient (Wildman–Crippen LogP) is 1.02. The summed E-state index contributed by atoms with van der Waals surface area (Å²) in [4.78, 5) is 10.9. The van der Waals surface area contributed by atoms with Gasteiger partial charge in [0.05, 0.1) is 6.10 Å². The number of halogens is 1. The average Bonchev–Trinajstić information content (AvgIpc) is 2.82. The second-order valence-electron chi connectivity index (χ2n) is 3.62. The molecule has 0 spiro atoms. The minimum absolute atomic E-state index is 0.0914. The zero-order valence-corrected chi connectivity index (χ0v) is 10.4. The third-order valence-corrected chi connectivity index (χ3v) is 3.21. The standard InChI is InChI=1S/C11H11BrO5/c12-3-8(14)11(15)7-2-10-9(16-5-17-10)1-6(7)4-13/h1-2,4,8,11,14-15H,3,5H2. The lowest BCUT2D eigenvalue weighted by Gasteiger charge is -2.17. The average molecular weight is 303 g/mol. The van der Waals surface area contributed by atoms with Crippen LogP contribution in [0, 0.1) is 0 Å². The van der Waals surface area contributed by atoms with Crippen molar-refractivity contribution in [3.05, 3.63) is 23.3 Å².